The van der Waals surface area contributed by atoms with Crippen molar-refractivity contribution in [2.75, 3.05) is 14.2 Å². The minimum atomic E-state index is -3.58. The monoisotopic (exact) mass is 245 g/mol. The highest BCUT2D eigenvalue weighted by molar-refractivity contribution is 7.92. The van der Waals surface area contributed by atoms with Crippen molar-refractivity contribution in [3.8, 4) is 11.5 Å². The van der Waals surface area contributed by atoms with Gasteiger partial charge in [0, 0.05) is 6.07 Å². The standard InChI is InChI=1S/C10H15NO4S/c1-7(11)16(12,13)10-6-8(14-2)4-5-9(10)15-3/h4-7H,11H2,1-3H3. The maximum absolute atomic E-state index is 11.9. The number of sulfone groups is 1. The van der Waals surface area contributed by atoms with Crippen LogP contribution in [-0.4, -0.2) is 28.0 Å². The van der Waals surface area contributed by atoms with Crippen molar-refractivity contribution >= 4 is 9.84 Å². The second kappa shape index (κ2) is 4.71. The van der Waals surface area contributed by atoms with E-state index in [4.69, 9.17) is 15.2 Å². The molecule has 0 radical (unpaired) electrons. The molecule has 1 unspecified atom stereocenters. The molecule has 90 valence electrons. The molecule has 5 nitrogen and oxygen atoms in total. The molecule has 0 aliphatic carbocycles. The normalized spacial score (nSPS) is 13.2. The second-order valence-corrected chi connectivity index (χ2v) is 5.54. The van der Waals surface area contributed by atoms with Crippen LogP contribution in [0.25, 0.3) is 0 Å². The SMILES string of the molecule is COc1ccc(OC)c(S(=O)(=O)C(C)N)c1. The Bertz CT molecular complexity index is 468. The first-order valence-electron chi connectivity index (χ1n) is 4.65. The van der Waals surface area contributed by atoms with Gasteiger partial charge in [-0.15, -0.1) is 0 Å². The van der Waals surface area contributed by atoms with E-state index in [1.165, 1.54) is 33.3 Å². The second-order valence-electron chi connectivity index (χ2n) is 3.27. The first kappa shape index (κ1) is 12.8. The molecule has 0 aliphatic heterocycles. The van der Waals surface area contributed by atoms with Gasteiger partial charge in [-0.3, -0.25) is 0 Å². The first-order chi connectivity index (χ1) is 7.43. The van der Waals surface area contributed by atoms with Crippen LogP contribution in [0.2, 0.25) is 0 Å². The van der Waals surface area contributed by atoms with E-state index in [2.05, 4.69) is 0 Å². The van der Waals surface area contributed by atoms with E-state index < -0.39 is 15.2 Å². The average Bonchev–Trinajstić information content (AvgIpc) is 2.27. The number of benzene rings is 1. The highest BCUT2D eigenvalue weighted by atomic mass is 32.2. The lowest BCUT2D eigenvalue weighted by atomic mass is 10.3. The molecule has 0 fully saturated rings. The summed E-state index contributed by atoms with van der Waals surface area (Å²) in [4.78, 5) is 0.0457. The quantitative estimate of drug-likeness (QED) is 0.848. The van der Waals surface area contributed by atoms with E-state index in [1.54, 1.807) is 6.07 Å². The summed E-state index contributed by atoms with van der Waals surface area (Å²) in [6.07, 6.45) is 0. The largest absolute Gasteiger partial charge is 0.497 e. The number of hydrogen-bond acceptors (Lipinski definition) is 5. The van der Waals surface area contributed by atoms with Crippen molar-refractivity contribution in [3.05, 3.63) is 18.2 Å². The number of rotatable bonds is 4. The van der Waals surface area contributed by atoms with E-state index >= 15 is 0 Å². The molecule has 1 rings (SSSR count). The molecule has 0 aromatic heterocycles. The predicted molar refractivity (Wildman–Crippen MR) is 60.4 cm³/mol. The molecule has 0 bridgehead atoms. The molecule has 2 N–H and O–H groups in total. The first-order valence-corrected chi connectivity index (χ1v) is 6.19. The van der Waals surface area contributed by atoms with Crippen LogP contribution < -0.4 is 15.2 Å². The van der Waals surface area contributed by atoms with E-state index in [9.17, 15) is 8.42 Å². The van der Waals surface area contributed by atoms with Crippen LogP contribution in [0.4, 0.5) is 0 Å². The van der Waals surface area contributed by atoms with Gasteiger partial charge in [0.25, 0.3) is 0 Å². The van der Waals surface area contributed by atoms with Crippen molar-refractivity contribution in [3.63, 3.8) is 0 Å². The van der Waals surface area contributed by atoms with Crippen LogP contribution in [-0.2, 0) is 9.84 Å². The fraction of sp³-hybridized carbons (Fsp3) is 0.400. The highest BCUT2D eigenvalue weighted by Crippen LogP contribution is 2.29. The van der Waals surface area contributed by atoms with Gasteiger partial charge >= 0.3 is 0 Å². The zero-order chi connectivity index (χ0) is 12.3. The molecule has 0 saturated heterocycles. The van der Waals surface area contributed by atoms with Crippen molar-refractivity contribution in [2.45, 2.75) is 17.2 Å². The van der Waals surface area contributed by atoms with Gasteiger partial charge in [-0.2, -0.15) is 0 Å². The van der Waals surface area contributed by atoms with Crippen LogP contribution in [0.15, 0.2) is 23.1 Å². The minimum absolute atomic E-state index is 0.0457. The molecule has 0 aliphatic rings. The molecular weight excluding hydrogens is 230 g/mol. The fourth-order valence-electron chi connectivity index (χ4n) is 1.21. The zero-order valence-corrected chi connectivity index (χ0v) is 10.2. The third kappa shape index (κ3) is 2.28. The third-order valence-electron chi connectivity index (χ3n) is 2.17. The van der Waals surface area contributed by atoms with Gasteiger partial charge in [0.2, 0.25) is 0 Å². The Labute approximate surface area is 95.1 Å². The number of ether oxygens (including phenoxy) is 2. The predicted octanol–water partition coefficient (Wildman–Crippen LogP) is 0.782. The Morgan fingerprint density at radius 1 is 1.25 bits per heavy atom. The van der Waals surface area contributed by atoms with Gasteiger partial charge < -0.3 is 15.2 Å². The summed E-state index contributed by atoms with van der Waals surface area (Å²) < 4.78 is 33.8. The van der Waals surface area contributed by atoms with Crippen molar-refractivity contribution in [1.82, 2.24) is 0 Å². The molecule has 6 heteroatoms. The van der Waals surface area contributed by atoms with Gasteiger partial charge in [-0.1, -0.05) is 0 Å². The molecule has 0 saturated carbocycles. The molecule has 1 atom stereocenters. The molecule has 0 amide bonds. The summed E-state index contributed by atoms with van der Waals surface area (Å²) in [5.74, 6) is 0.707. The maximum atomic E-state index is 11.9. The zero-order valence-electron chi connectivity index (χ0n) is 9.43. The topological polar surface area (TPSA) is 78.6 Å². The van der Waals surface area contributed by atoms with Gasteiger partial charge in [-0.05, 0) is 19.1 Å². The molecular formula is C10H15NO4S. The number of hydrogen-bond donors (Lipinski definition) is 1. The number of methoxy groups -OCH3 is 2. The Morgan fingerprint density at radius 3 is 2.31 bits per heavy atom. The van der Waals surface area contributed by atoms with Crippen molar-refractivity contribution in [2.24, 2.45) is 5.73 Å². The van der Waals surface area contributed by atoms with Crippen molar-refractivity contribution < 1.29 is 17.9 Å². The summed E-state index contributed by atoms with van der Waals surface area (Å²) in [6.45, 7) is 1.41. The van der Waals surface area contributed by atoms with Crippen molar-refractivity contribution in [1.29, 1.82) is 0 Å². The van der Waals surface area contributed by atoms with Crippen LogP contribution >= 0.6 is 0 Å². The van der Waals surface area contributed by atoms with E-state index in [0.717, 1.165) is 0 Å². The smallest absolute Gasteiger partial charge is 0.197 e. The maximum Gasteiger partial charge on any atom is 0.197 e. The van der Waals surface area contributed by atoms with E-state index in [-0.39, 0.29) is 10.6 Å². The fourth-order valence-corrected chi connectivity index (χ4v) is 2.32. The summed E-state index contributed by atoms with van der Waals surface area (Å²) in [7, 11) is -0.712. The summed E-state index contributed by atoms with van der Waals surface area (Å²) in [6, 6.07) is 4.56. The van der Waals surface area contributed by atoms with Crippen LogP contribution in [0, 0.1) is 0 Å². The summed E-state index contributed by atoms with van der Waals surface area (Å²) >= 11 is 0. The molecule has 0 heterocycles. The lowest BCUT2D eigenvalue weighted by Crippen LogP contribution is -2.27. The summed E-state index contributed by atoms with van der Waals surface area (Å²) in [5.41, 5.74) is 5.43. The Morgan fingerprint density at radius 2 is 1.88 bits per heavy atom. The Kier molecular flexibility index (Phi) is 3.77. The molecule has 1 aromatic rings. The highest BCUT2D eigenvalue weighted by Gasteiger charge is 2.24. The Balaban J connectivity index is 3.41. The van der Waals surface area contributed by atoms with Crippen LogP contribution in [0.5, 0.6) is 11.5 Å². The number of nitrogens with two attached hydrogens (primary N) is 1. The molecule has 1 aromatic carbocycles. The van der Waals surface area contributed by atoms with Crippen LogP contribution in [0.3, 0.4) is 0 Å². The lowest BCUT2D eigenvalue weighted by Gasteiger charge is -2.13. The Hall–Kier alpha value is -1.27. The van der Waals surface area contributed by atoms with Gasteiger partial charge in [0.15, 0.2) is 9.84 Å². The third-order valence-corrected chi connectivity index (χ3v) is 4.08. The van der Waals surface area contributed by atoms with Gasteiger partial charge in [0.05, 0.1) is 14.2 Å². The van der Waals surface area contributed by atoms with E-state index in [1.807, 2.05) is 0 Å². The van der Waals surface area contributed by atoms with Crippen LogP contribution in [0.1, 0.15) is 6.92 Å². The van der Waals surface area contributed by atoms with Gasteiger partial charge in [-0.25, -0.2) is 8.42 Å². The molecule has 16 heavy (non-hydrogen) atoms. The van der Waals surface area contributed by atoms with Gasteiger partial charge in [0.1, 0.15) is 21.8 Å². The average molecular weight is 245 g/mol. The summed E-state index contributed by atoms with van der Waals surface area (Å²) in [5, 5.41) is -0.992. The lowest BCUT2D eigenvalue weighted by molar-refractivity contribution is 0.392. The molecule has 0 spiro atoms. The minimum Gasteiger partial charge on any atom is -0.497 e. The van der Waals surface area contributed by atoms with E-state index in [0.29, 0.717) is 5.75 Å².